The maximum atomic E-state index is 4.25. The van der Waals surface area contributed by atoms with Gasteiger partial charge < -0.3 is 4.98 Å². The van der Waals surface area contributed by atoms with E-state index in [1.807, 2.05) is 30.5 Å². The van der Waals surface area contributed by atoms with Crippen molar-refractivity contribution in [2.75, 3.05) is 0 Å². The van der Waals surface area contributed by atoms with E-state index in [2.05, 4.69) is 40.3 Å². The Kier molecular flexibility index (Phi) is 2.47. The average molecular weight is 220 g/mol. The van der Waals surface area contributed by atoms with Crippen LogP contribution in [-0.2, 0) is 0 Å². The van der Waals surface area contributed by atoms with Crippen molar-refractivity contribution in [3.63, 3.8) is 0 Å². The van der Waals surface area contributed by atoms with Gasteiger partial charge in [-0.2, -0.15) is 0 Å². The number of fused-ring (bicyclic) bond motifs is 1. The van der Waals surface area contributed by atoms with Crippen LogP contribution in [0.25, 0.3) is 23.1 Å². The van der Waals surface area contributed by atoms with Crippen LogP contribution in [-0.4, -0.2) is 9.97 Å². The lowest BCUT2D eigenvalue weighted by Crippen LogP contribution is -1.77. The number of hydrogen-bond donors (Lipinski definition) is 1. The van der Waals surface area contributed by atoms with E-state index in [1.54, 1.807) is 6.20 Å². The summed E-state index contributed by atoms with van der Waals surface area (Å²) >= 11 is 0. The Morgan fingerprint density at radius 1 is 1.00 bits per heavy atom. The molecule has 0 saturated carbocycles. The van der Waals surface area contributed by atoms with Crippen molar-refractivity contribution in [3.8, 4) is 0 Å². The van der Waals surface area contributed by atoms with Gasteiger partial charge in [-0.1, -0.05) is 18.2 Å². The van der Waals surface area contributed by atoms with Gasteiger partial charge in [0.25, 0.3) is 0 Å². The first kappa shape index (κ1) is 9.85. The lowest BCUT2D eigenvalue weighted by Gasteiger charge is -1.95. The number of nitrogens with one attached hydrogen (secondary N) is 1. The smallest absolute Gasteiger partial charge is 0.0629 e. The normalized spacial score (nSPS) is 11.3. The summed E-state index contributed by atoms with van der Waals surface area (Å²) < 4.78 is 0. The molecule has 82 valence electrons. The van der Waals surface area contributed by atoms with Gasteiger partial charge in [0.05, 0.1) is 5.69 Å². The number of H-pyrrole nitrogens is 1. The number of nitrogens with zero attached hydrogens (tertiary/aromatic N) is 1. The van der Waals surface area contributed by atoms with Gasteiger partial charge in [-0.25, -0.2) is 0 Å². The topological polar surface area (TPSA) is 28.7 Å². The molecule has 2 aromatic heterocycles. The van der Waals surface area contributed by atoms with Gasteiger partial charge in [0, 0.05) is 17.9 Å². The van der Waals surface area contributed by atoms with Crippen LogP contribution >= 0.6 is 0 Å². The molecular formula is C15H12N2. The molecule has 0 spiro atoms. The van der Waals surface area contributed by atoms with E-state index >= 15 is 0 Å². The molecular weight excluding hydrogens is 208 g/mol. The molecule has 1 aromatic carbocycles. The van der Waals surface area contributed by atoms with E-state index in [-0.39, 0.29) is 0 Å². The lowest BCUT2D eigenvalue weighted by atomic mass is 10.1. The SMILES string of the molecule is C(=C\c1ccccn1)/c1ccc2[nH]ccc2c1. The number of rotatable bonds is 2. The highest BCUT2D eigenvalue weighted by atomic mass is 14.7. The largest absolute Gasteiger partial charge is 0.361 e. The number of benzene rings is 1. The molecule has 0 aliphatic carbocycles. The third kappa shape index (κ3) is 2.11. The lowest BCUT2D eigenvalue weighted by molar-refractivity contribution is 1.30. The van der Waals surface area contributed by atoms with Crippen molar-refractivity contribution in [3.05, 3.63) is 66.1 Å². The number of pyridine rings is 1. The van der Waals surface area contributed by atoms with Crippen molar-refractivity contribution in [2.24, 2.45) is 0 Å². The third-order valence-electron chi connectivity index (χ3n) is 2.71. The summed E-state index contributed by atoms with van der Waals surface area (Å²) in [5, 5.41) is 1.23. The highest BCUT2D eigenvalue weighted by molar-refractivity contribution is 5.83. The molecule has 2 nitrogen and oxygen atoms in total. The minimum absolute atomic E-state index is 0.974. The molecule has 0 atom stereocenters. The molecule has 2 heteroatoms. The van der Waals surface area contributed by atoms with Crippen molar-refractivity contribution in [2.45, 2.75) is 0 Å². The number of aromatic amines is 1. The molecule has 2 heterocycles. The summed E-state index contributed by atoms with van der Waals surface area (Å²) in [6.45, 7) is 0. The van der Waals surface area contributed by atoms with E-state index < -0.39 is 0 Å². The molecule has 0 aliphatic rings. The van der Waals surface area contributed by atoms with Gasteiger partial charge in [0.1, 0.15) is 0 Å². The minimum Gasteiger partial charge on any atom is -0.361 e. The third-order valence-corrected chi connectivity index (χ3v) is 2.71. The van der Waals surface area contributed by atoms with Gasteiger partial charge in [0.15, 0.2) is 0 Å². The highest BCUT2D eigenvalue weighted by Crippen LogP contribution is 2.15. The summed E-state index contributed by atoms with van der Waals surface area (Å²) in [5.74, 6) is 0. The average Bonchev–Trinajstić information content (AvgIpc) is 2.85. The molecule has 0 bridgehead atoms. The van der Waals surface area contributed by atoms with Crippen molar-refractivity contribution in [1.82, 2.24) is 9.97 Å². The van der Waals surface area contributed by atoms with Crippen LogP contribution in [0, 0.1) is 0 Å². The summed E-state index contributed by atoms with van der Waals surface area (Å²) in [6, 6.07) is 14.3. The van der Waals surface area contributed by atoms with E-state index in [9.17, 15) is 0 Å². The summed E-state index contributed by atoms with van der Waals surface area (Å²) in [5.41, 5.74) is 3.32. The monoisotopic (exact) mass is 220 g/mol. The molecule has 3 aromatic rings. The zero-order valence-electron chi connectivity index (χ0n) is 9.30. The summed E-state index contributed by atoms with van der Waals surface area (Å²) in [6.07, 6.45) is 7.86. The predicted octanol–water partition coefficient (Wildman–Crippen LogP) is 3.73. The molecule has 0 amide bonds. The van der Waals surface area contributed by atoms with Gasteiger partial charge >= 0.3 is 0 Å². The van der Waals surface area contributed by atoms with Crippen molar-refractivity contribution >= 4 is 23.1 Å². The second kappa shape index (κ2) is 4.26. The second-order valence-electron chi connectivity index (χ2n) is 3.91. The van der Waals surface area contributed by atoms with Crippen LogP contribution in [0.2, 0.25) is 0 Å². The standard InChI is InChI=1S/C15H12N2/c1-2-9-16-14(3-1)6-4-12-5-7-15-13(11-12)8-10-17-15/h1-11,17H/b6-4+. The first-order valence-electron chi connectivity index (χ1n) is 5.58. The van der Waals surface area contributed by atoms with Crippen LogP contribution in [0.4, 0.5) is 0 Å². The number of hydrogen-bond acceptors (Lipinski definition) is 1. The Morgan fingerprint density at radius 2 is 2.00 bits per heavy atom. The molecule has 0 saturated heterocycles. The van der Waals surface area contributed by atoms with Crippen LogP contribution in [0.3, 0.4) is 0 Å². The highest BCUT2D eigenvalue weighted by Gasteiger charge is 1.94. The fraction of sp³-hybridized carbons (Fsp3) is 0. The Balaban J connectivity index is 1.92. The first-order chi connectivity index (χ1) is 8.42. The van der Waals surface area contributed by atoms with Gasteiger partial charge in [-0.05, 0) is 47.4 Å². The van der Waals surface area contributed by atoms with Crippen LogP contribution in [0.5, 0.6) is 0 Å². The van der Waals surface area contributed by atoms with Crippen LogP contribution in [0.1, 0.15) is 11.3 Å². The molecule has 0 unspecified atom stereocenters. The summed E-state index contributed by atoms with van der Waals surface area (Å²) in [4.78, 5) is 7.44. The van der Waals surface area contributed by atoms with E-state index in [0.29, 0.717) is 0 Å². The zero-order valence-corrected chi connectivity index (χ0v) is 9.30. The Morgan fingerprint density at radius 3 is 2.88 bits per heavy atom. The molecule has 3 rings (SSSR count). The van der Waals surface area contributed by atoms with Gasteiger partial charge in [-0.3, -0.25) is 4.98 Å². The van der Waals surface area contributed by atoms with Crippen molar-refractivity contribution < 1.29 is 0 Å². The molecule has 1 N–H and O–H groups in total. The number of aromatic nitrogens is 2. The molecule has 0 radical (unpaired) electrons. The Bertz CT molecular complexity index is 651. The Hall–Kier alpha value is -2.35. The first-order valence-corrected chi connectivity index (χ1v) is 5.58. The van der Waals surface area contributed by atoms with E-state index in [4.69, 9.17) is 0 Å². The van der Waals surface area contributed by atoms with E-state index in [0.717, 1.165) is 5.69 Å². The van der Waals surface area contributed by atoms with Crippen LogP contribution < -0.4 is 0 Å². The molecule has 17 heavy (non-hydrogen) atoms. The Labute approximate surface area is 99.6 Å². The second-order valence-corrected chi connectivity index (χ2v) is 3.91. The van der Waals surface area contributed by atoms with Crippen molar-refractivity contribution in [1.29, 1.82) is 0 Å². The fourth-order valence-electron chi connectivity index (χ4n) is 1.83. The predicted molar refractivity (Wildman–Crippen MR) is 71.5 cm³/mol. The van der Waals surface area contributed by atoms with E-state index in [1.165, 1.54) is 16.5 Å². The maximum Gasteiger partial charge on any atom is 0.0629 e. The molecule has 0 fully saturated rings. The maximum absolute atomic E-state index is 4.25. The van der Waals surface area contributed by atoms with Gasteiger partial charge in [0.2, 0.25) is 0 Å². The van der Waals surface area contributed by atoms with Crippen LogP contribution in [0.15, 0.2) is 54.9 Å². The summed E-state index contributed by atoms with van der Waals surface area (Å²) in [7, 11) is 0. The quantitative estimate of drug-likeness (QED) is 0.700. The minimum atomic E-state index is 0.974. The zero-order chi connectivity index (χ0) is 11.5. The molecule has 0 aliphatic heterocycles. The fourth-order valence-corrected chi connectivity index (χ4v) is 1.83. The van der Waals surface area contributed by atoms with Gasteiger partial charge in [-0.15, -0.1) is 0 Å².